The van der Waals surface area contributed by atoms with Crippen LogP contribution in [-0.2, 0) is 14.3 Å². The Morgan fingerprint density at radius 3 is 2.53 bits per heavy atom. The van der Waals surface area contributed by atoms with E-state index in [-0.39, 0.29) is 18.3 Å². The quantitative estimate of drug-likeness (QED) is 0.640. The fraction of sp³-hybridized carbons (Fsp3) is 0.333. The van der Waals surface area contributed by atoms with Gasteiger partial charge in [-0.25, -0.2) is 0 Å². The average molecular weight is 471 g/mol. The maximum Gasteiger partial charge on any atom is 0.303 e. The van der Waals surface area contributed by atoms with Gasteiger partial charge in [0.2, 0.25) is 0 Å². The number of benzene rings is 2. The van der Waals surface area contributed by atoms with Gasteiger partial charge in [-0.1, -0.05) is 29.8 Å². The number of rotatable bonds is 6. The van der Waals surface area contributed by atoms with Crippen molar-refractivity contribution in [1.29, 1.82) is 0 Å². The molecule has 9 heteroatoms. The predicted octanol–water partition coefficient (Wildman–Crippen LogP) is 4.10. The van der Waals surface area contributed by atoms with Crippen LogP contribution in [0, 0.1) is 0 Å². The Balaban J connectivity index is 0.00000320. The standard InChI is InChI=1S/C21H23ClN2O4S.ClH/c1-13(25)28-18-19(14-7-9-15(27-3)10-8-14)29-20-16(22)5-4-6-17(20)24(21(18)26)12-11-23-2;/h4-10,18-19,23H,11-12H2,1-3H3;1H/t18-,19+;/m1./s1. The van der Waals surface area contributed by atoms with Gasteiger partial charge in [-0.15, -0.1) is 24.2 Å². The third kappa shape index (κ3) is 5.21. The minimum absolute atomic E-state index is 0. The second-order valence-electron chi connectivity index (χ2n) is 6.52. The van der Waals surface area contributed by atoms with E-state index >= 15 is 0 Å². The van der Waals surface area contributed by atoms with Gasteiger partial charge in [0.15, 0.2) is 6.10 Å². The molecule has 3 rings (SSSR count). The number of amides is 1. The van der Waals surface area contributed by atoms with Crippen LogP contribution in [0.25, 0.3) is 0 Å². The molecule has 6 nitrogen and oxygen atoms in total. The predicted molar refractivity (Wildman–Crippen MR) is 122 cm³/mol. The summed E-state index contributed by atoms with van der Waals surface area (Å²) in [4.78, 5) is 27.8. The first-order valence-electron chi connectivity index (χ1n) is 9.18. The molecule has 1 heterocycles. The zero-order chi connectivity index (χ0) is 21.0. The maximum absolute atomic E-state index is 13.5. The summed E-state index contributed by atoms with van der Waals surface area (Å²) in [6, 6.07) is 12.9. The molecule has 2 aromatic carbocycles. The molecule has 0 radical (unpaired) electrons. The van der Waals surface area contributed by atoms with Crippen molar-refractivity contribution in [2.45, 2.75) is 23.2 Å². The van der Waals surface area contributed by atoms with Crippen molar-refractivity contribution in [2.75, 3.05) is 32.1 Å². The van der Waals surface area contributed by atoms with Gasteiger partial charge >= 0.3 is 5.97 Å². The van der Waals surface area contributed by atoms with E-state index < -0.39 is 17.3 Å². The molecule has 1 N–H and O–H groups in total. The molecule has 1 amide bonds. The molecular weight excluding hydrogens is 447 g/mol. The van der Waals surface area contributed by atoms with E-state index in [4.69, 9.17) is 21.1 Å². The maximum atomic E-state index is 13.5. The van der Waals surface area contributed by atoms with Crippen molar-refractivity contribution in [3.8, 4) is 5.75 Å². The van der Waals surface area contributed by atoms with Gasteiger partial charge in [-0.05, 0) is 36.9 Å². The Labute approximate surface area is 191 Å². The molecule has 2 atom stereocenters. The van der Waals surface area contributed by atoms with Gasteiger partial charge in [-0.3, -0.25) is 9.59 Å². The largest absolute Gasteiger partial charge is 0.497 e. The van der Waals surface area contributed by atoms with Crippen LogP contribution in [-0.4, -0.2) is 45.2 Å². The number of likely N-dealkylation sites (N-methyl/N-ethyl adjacent to an activating group) is 1. The number of halogens is 2. The lowest BCUT2D eigenvalue weighted by Crippen LogP contribution is -2.45. The fourth-order valence-corrected chi connectivity index (χ4v) is 4.82. The number of ether oxygens (including phenoxy) is 2. The molecule has 162 valence electrons. The van der Waals surface area contributed by atoms with Crippen LogP contribution in [0.15, 0.2) is 47.4 Å². The summed E-state index contributed by atoms with van der Waals surface area (Å²) in [5.74, 6) is -0.0744. The lowest BCUT2D eigenvalue weighted by Gasteiger charge is -2.27. The molecule has 1 aliphatic rings. The number of hydrogen-bond donors (Lipinski definition) is 1. The number of carbonyl (C=O) groups is 2. The number of nitrogens with zero attached hydrogens (tertiary/aromatic N) is 1. The summed E-state index contributed by atoms with van der Waals surface area (Å²) in [6.45, 7) is 2.32. The van der Waals surface area contributed by atoms with E-state index in [9.17, 15) is 9.59 Å². The Kier molecular flexibility index (Phi) is 8.85. The van der Waals surface area contributed by atoms with Crippen LogP contribution in [0.4, 0.5) is 5.69 Å². The van der Waals surface area contributed by atoms with Crippen LogP contribution in [0.1, 0.15) is 17.7 Å². The molecule has 30 heavy (non-hydrogen) atoms. The van der Waals surface area contributed by atoms with Gasteiger partial charge in [0.25, 0.3) is 5.91 Å². The number of nitrogens with one attached hydrogen (secondary N) is 1. The van der Waals surface area contributed by atoms with Crippen LogP contribution >= 0.6 is 35.8 Å². The number of hydrogen-bond acceptors (Lipinski definition) is 6. The molecule has 0 saturated carbocycles. The molecule has 2 aromatic rings. The first kappa shape index (κ1) is 24.3. The van der Waals surface area contributed by atoms with Crippen molar-refractivity contribution >= 4 is 53.3 Å². The van der Waals surface area contributed by atoms with Crippen LogP contribution in [0.5, 0.6) is 5.75 Å². The third-order valence-electron chi connectivity index (χ3n) is 4.59. The summed E-state index contributed by atoms with van der Waals surface area (Å²) >= 11 is 7.94. The molecule has 0 aromatic heterocycles. The monoisotopic (exact) mass is 470 g/mol. The van der Waals surface area contributed by atoms with Gasteiger partial charge in [-0.2, -0.15) is 0 Å². The number of methoxy groups -OCH3 is 1. The molecular formula is C21H24Cl2N2O4S. The Hall–Kier alpha value is -1.93. The minimum Gasteiger partial charge on any atom is -0.497 e. The van der Waals surface area contributed by atoms with Crippen molar-refractivity contribution < 1.29 is 19.1 Å². The number of carbonyl (C=O) groups excluding carboxylic acids is 2. The van der Waals surface area contributed by atoms with Crippen LogP contribution in [0.3, 0.4) is 0 Å². The first-order chi connectivity index (χ1) is 14.0. The summed E-state index contributed by atoms with van der Waals surface area (Å²) in [6.07, 6.45) is -0.980. The molecule has 0 fully saturated rings. The lowest BCUT2D eigenvalue weighted by molar-refractivity contribution is -0.152. The Morgan fingerprint density at radius 2 is 1.93 bits per heavy atom. The highest BCUT2D eigenvalue weighted by Gasteiger charge is 2.41. The second-order valence-corrected chi connectivity index (χ2v) is 8.08. The number of thioether (sulfide) groups is 1. The van der Waals surface area contributed by atoms with E-state index in [0.29, 0.717) is 23.9 Å². The Morgan fingerprint density at radius 1 is 1.23 bits per heavy atom. The van der Waals surface area contributed by atoms with Gasteiger partial charge in [0, 0.05) is 20.0 Å². The van der Waals surface area contributed by atoms with Gasteiger partial charge < -0.3 is 19.7 Å². The number of fused-ring (bicyclic) bond motifs is 1. The normalized spacial score (nSPS) is 18.1. The third-order valence-corrected chi connectivity index (χ3v) is 6.45. The average Bonchev–Trinajstić information content (AvgIpc) is 2.82. The summed E-state index contributed by atoms with van der Waals surface area (Å²) in [5, 5.41) is 3.16. The van der Waals surface area contributed by atoms with E-state index in [0.717, 1.165) is 16.1 Å². The van der Waals surface area contributed by atoms with E-state index in [1.807, 2.05) is 43.4 Å². The highest BCUT2D eigenvalue weighted by molar-refractivity contribution is 8.00. The zero-order valence-electron chi connectivity index (χ0n) is 16.9. The molecule has 1 aliphatic heterocycles. The molecule has 0 spiro atoms. The number of anilines is 1. The van der Waals surface area contributed by atoms with E-state index in [1.165, 1.54) is 18.7 Å². The van der Waals surface area contributed by atoms with Crippen molar-refractivity contribution in [3.05, 3.63) is 53.1 Å². The number of esters is 1. The highest BCUT2D eigenvalue weighted by Crippen LogP contribution is 2.49. The van der Waals surface area contributed by atoms with Crippen molar-refractivity contribution in [3.63, 3.8) is 0 Å². The van der Waals surface area contributed by atoms with E-state index in [1.54, 1.807) is 18.1 Å². The van der Waals surface area contributed by atoms with Crippen LogP contribution in [0.2, 0.25) is 5.02 Å². The molecule has 0 bridgehead atoms. The second kappa shape index (κ2) is 10.9. The van der Waals surface area contributed by atoms with Crippen LogP contribution < -0.4 is 15.0 Å². The summed E-state index contributed by atoms with van der Waals surface area (Å²) in [5.41, 5.74) is 1.56. The molecule has 0 unspecified atom stereocenters. The lowest BCUT2D eigenvalue weighted by atomic mass is 10.1. The van der Waals surface area contributed by atoms with Crippen molar-refractivity contribution in [2.24, 2.45) is 0 Å². The SMILES string of the molecule is CNCCN1C(=O)[C@H](OC(C)=O)[C@H](c2ccc(OC)cc2)Sc2c(Cl)cccc21.Cl. The van der Waals surface area contributed by atoms with E-state index in [2.05, 4.69) is 5.32 Å². The van der Waals surface area contributed by atoms with Gasteiger partial charge in [0.05, 0.1) is 28.0 Å². The minimum atomic E-state index is -0.980. The topological polar surface area (TPSA) is 67.9 Å². The fourth-order valence-electron chi connectivity index (χ4n) is 3.20. The molecule has 0 saturated heterocycles. The molecule has 0 aliphatic carbocycles. The zero-order valence-corrected chi connectivity index (χ0v) is 19.3. The summed E-state index contributed by atoms with van der Waals surface area (Å²) < 4.78 is 10.8. The summed E-state index contributed by atoms with van der Waals surface area (Å²) in [7, 11) is 3.41. The highest BCUT2D eigenvalue weighted by atomic mass is 35.5. The first-order valence-corrected chi connectivity index (χ1v) is 10.4. The Bertz CT molecular complexity index is 895. The van der Waals surface area contributed by atoms with Gasteiger partial charge in [0.1, 0.15) is 5.75 Å². The van der Waals surface area contributed by atoms with Crippen molar-refractivity contribution in [1.82, 2.24) is 5.32 Å². The smallest absolute Gasteiger partial charge is 0.303 e.